The van der Waals surface area contributed by atoms with Gasteiger partial charge in [-0.1, -0.05) is 42.5 Å². The van der Waals surface area contributed by atoms with Gasteiger partial charge in [0.25, 0.3) is 0 Å². The maximum atomic E-state index is 10.5. The Bertz CT molecular complexity index is 1480. The van der Waals surface area contributed by atoms with Gasteiger partial charge in [0, 0.05) is 17.6 Å². The Hall–Kier alpha value is -2.68. The number of aromatic nitrogens is 1. The molecule has 0 N–H and O–H groups in total. The number of hydrogen-bond donors (Lipinski definition) is 0. The number of carboxylic acid groups (broad SMARTS) is 1. The molecule has 1 aromatic heterocycles. The van der Waals surface area contributed by atoms with Gasteiger partial charge in [0.1, 0.15) is 23.6 Å². The molecule has 0 radical (unpaired) electrons. The normalized spacial score (nSPS) is 10.8. The summed E-state index contributed by atoms with van der Waals surface area (Å²) in [6, 6.07) is 27.8. The summed E-state index contributed by atoms with van der Waals surface area (Å²) in [5, 5.41) is 12.6. The van der Waals surface area contributed by atoms with Gasteiger partial charge in [0.2, 0.25) is 5.89 Å². The molecule has 0 unspecified atom stereocenters. The largest absolute Gasteiger partial charge is 1.00 e. The predicted molar refractivity (Wildman–Crippen MR) is 137 cm³/mol. The second-order valence-corrected chi connectivity index (χ2v) is 8.68. The smallest absolute Gasteiger partial charge is 0.550 e. The van der Waals surface area contributed by atoms with E-state index in [4.69, 9.17) is 13.9 Å². The van der Waals surface area contributed by atoms with Crippen LogP contribution in [0.1, 0.15) is 31.2 Å². The summed E-state index contributed by atoms with van der Waals surface area (Å²) in [6.07, 6.45) is 2.32. The number of unbranched alkanes of at least 4 members (excludes halogenated alkanes) is 2. The summed E-state index contributed by atoms with van der Waals surface area (Å²) >= 11 is 0. The minimum absolute atomic E-state index is 0. The fourth-order valence-corrected chi connectivity index (χ4v) is 4.04. The zero-order valence-corrected chi connectivity index (χ0v) is 23.9. The van der Waals surface area contributed by atoms with Crippen molar-refractivity contribution in [2.45, 2.75) is 32.3 Å². The van der Waals surface area contributed by atoms with E-state index in [-0.39, 0.29) is 57.8 Å². The van der Waals surface area contributed by atoms with Gasteiger partial charge < -0.3 is 23.8 Å². The van der Waals surface area contributed by atoms with E-state index in [0.717, 1.165) is 51.8 Å². The standard InChI is InChI=1S/C30H27NO5.K/c32-29(33)9-5-2-6-16-34-25-13-12-22-17-24(11-10-23(22)18-25)30-31-27-15-14-26(19-28(27)36-30)35-20-21-7-3-1-4-8-21;/h1,3-4,7-8,10-15,17-19H,2,5-6,9,16,20H2,(H,32,33);/q;+1/p-1. The van der Waals surface area contributed by atoms with Crippen molar-refractivity contribution in [1.29, 1.82) is 0 Å². The van der Waals surface area contributed by atoms with Crippen LogP contribution in [0, 0.1) is 0 Å². The van der Waals surface area contributed by atoms with Crippen LogP contribution in [0.3, 0.4) is 0 Å². The third kappa shape index (κ3) is 7.43. The molecular formula is C30H26KNO5. The second-order valence-electron chi connectivity index (χ2n) is 8.68. The van der Waals surface area contributed by atoms with Crippen LogP contribution < -0.4 is 66.0 Å². The van der Waals surface area contributed by atoms with E-state index in [9.17, 15) is 9.90 Å². The number of fused-ring (bicyclic) bond motifs is 2. The van der Waals surface area contributed by atoms with Crippen molar-refractivity contribution in [3.05, 3.63) is 90.5 Å². The number of ether oxygens (including phenoxy) is 2. The first-order valence-electron chi connectivity index (χ1n) is 12.1. The summed E-state index contributed by atoms with van der Waals surface area (Å²) in [4.78, 5) is 15.1. The molecule has 0 atom stereocenters. The molecule has 0 spiro atoms. The third-order valence-corrected chi connectivity index (χ3v) is 5.96. The van der Waals surface area contributed by atoms with Gasteiger partial charge in [0.15, 0.2) is 5.58 Å². The molecule has 0 aliphatic rings. The van der Waals surface area contributed by atoms with Crippen LogP contribution in [0.4, 0.5) is 0 Å². The molecule has 182 valence electrons. The molecule has 0 saturated carbocycles. The fraction of sp³-hybridized carbons (Fsp3) is 0.200. The number of aliphatic carboxylic acids is 1. The van der Waals surface area contributed by atoms with Crippen LogP contribution in [0.15, 0.2) is 89.3 Å². The number of hydrogen-bond acceptors (Lipinski definition) is 6. The van der Waals surface area contributed by atoms with Crippen LogP contribution in [0.25, 0.3) is 33.3 Å². The number of carbonyl (C=O) groups excluding carboxylic acids is 1. The Morgan fingerprint density at radius 1 is 0.811 bits per heavy atom. The number of benzene rings is 4. The molecule has 7 heteroatoms. The van der Waals surface area contributed by atoms with Crippen molar-refractivity contribution in [3.63, 3.8) is 0 Å². The van der Waals surface area contributed by atoms with Crippen LogP contribution in [-0.2, 0) is 11.4 Å². The van der Waals surface area contributed by atoms with E-state index in [1.807, 2.05) is 78.9 Å². The molecular weight excluding hydrogens is 493 g/mol. The fourth-order valence-electron chi connectivity index (χ4n) is 4.04. The first-order valence-corrected chi connectivity index (χ1v) is 12.1. The maximum Gasteiger partial charge on any atom is 1.00 e. The summed E-state index contributed by atoms with van der Waals surface area (Å²) in [6.45, 7) is 1.04. The van der Waals surface area contributed by atoms with E-state index in [0.29, 0.717) is 31.1 Å². The average Bonchev–Trinajstić information content (AvgIpc) is 3.33. The van der Waals surface area contributed by atoms with Crippen molar-refractivity contribution in [2.75, 3.05) is 6.61 Å². The molecule has 37 heavy (non-hydrogen) atoms. The van der Waals surface area contributed by atoms with Crippen molar-refractivity contribution in [1.82, 2.24) is 4.98 Å². The van der Waals surface area contributed by atoms with E-state index in [1.165, 1.54) is 0 Å². The summed E-state index contributed by atoms with van der Waals surface area (Å²) < 4.78 is 17.8. The van der Waals surface area contributed by atoms with Gasteiger partial charge in [-0.25, -0.2) is 4.98 Å². The summed E-state index contributed by atoms with van der Waals surface area (Å²) in [5.41, 5.74) is 3.46. The first kappa shape index (κ1) is 27.4. The molecule has 5 aromatic rings. The van der Waals surface area contributed by atoms with E-state index < -0.39 is 5.97 Å². The van der Waals surface area contributed by atoms with E-state index >= 15 is 0 Å². The number of carboxylic acids is 1. The molecule has 0 aliphatic heterocycles. The Morgan fingerprint density at radius 2 is 1.57 bits per heavy atom. The third-order valence-electron chi connectivity index (χ3n) is 5.96. The van der Waals surface area contributed by atoms with Crippen LogP contribution >= 0.6 is 0 Å². The van der Waals surface area contributed by atoms with Gasteiger partial charge in [-0.15, -0.1) is 0 Å². The maximum absolute atomic E-state index is 10.5. The van der Waals surface area contributed by atoms with Crippen LogP contribution in [-0.4, -0.2) is 17.6 Å². The molecule has 1 heterocycles. The minimum atomic E-state index is -1.000. The number of rotatable bonds is 11. The monoisotopic (exact) mass is 519 g/mol. The Balaban J connectivity index is 0.00000320. The van der Waals surface area contributed by atoms with Crippen molar-refractivity contribution >= 4 is 27.8 Å². The Morgan fingerprint density at radius 3 is 2.41 bits per heavy atom. The molecule has 6 nitrogen and oxygen atoms in total. The first-order chi connectivity index (χ1) is 17.6. The van der Waals surface area contributed by atoms with Crippen LogP contribution in [0.2, 0.25) is 0 Å². The molecule has 5 rings (SSSR count). The summed E-state index contributed by atoms with van der Waals surface area (Å²) in [7, 11) is 0. The zero-order valence-electron chi connectivity index (χ0n) is 20.8. The van der Waals surface area contributed by atoms with Crippen molar-refractivity contribution in [3.8, 4) is 23.0 Å². The second kappa shape index (κ2) is 13.2. The number of oxazole rings is 1. The number of carbonyl (C=O) groups is 1. The van der Waals surface area contributed by atoms with Gasteiger partial charge >= 0.3 is 51.4 Å². The van der Waals surface area contributed by atoms with Gasteiger partial charge in [-0.2, -0.15) is 0 Å². The Kier molecular flexibility index (Phi) is 9.77. The topological polar surface area (TPSA) is 84.6 Å². The molecule has 0 fully saturated rings. The number of nitrogens with zero attached hydrogens (tertiary/aromatic N) is 1. The Labute approximate surface area is 258 Å². The molecule has 4 aromatic carbocycles. The van der Waals surface area contributed by atoms with E-state index in [2.05, 4.69) is 11.1 Å². The SMILES string of the molecule is O=C([O-])CCCCCOc1ccc2cc(-c3nc4ccc(OCc5ccccc5)cc4o3)ccc2c1.[K+]. The van der Waals surface area contributed by atoms with Crippen LogP contribution in [0.5, 0.6) is 11.5 Å². The average molecular weight is 520 g/mol. The molecule has 0 aliphatic carbocycles. The molecule has 0 amide bonds. The minimum Gasteiger partial charge on any atom is -0.550 e. The molecule has 0 saturated heterocycles. The van der Waals surface area contributed by atoms with E-state index in [1.54, 1.807) is 0 Å². The van der Waals surface area contributed by atoms with Crippen molar-refractivity contribution < 1.29 is 75.2 Å². The summed E-state index contributed by atoms with van der Waals surface area (Å²) in [5.74, 6) is 1.09. The zero-order chi connectivity index (χ0) is 24.7. The quantitative estimate of drug-likeness (QED) is 0.197. The molecule has 0 bridgehead atoms. The predicted octanol–water partition coefficient (Wildman–Crippen LogP) is 2.92. The van der Waals surface area contributed by atoms with Crippen molar-refractivity contribution in [2.24, 2.45) is 0 Å². The van der Waals surface area contributed by atoms with Gasteiger partial charge in [-0.05, 0) is 78.4 Å². The van der Waals surface area contributed by atoms with Gasteiger partial charge in [-0.3, -0.25) is 0 Å². The van der Waals surface area contributed by atoms with Gasteiger partial charge in [0.05, 0.1) is 6.61 Å².